The summed E-state index contributed by atoms with van der Waals surface area (Å²) < 4.78 is 2.05. The van der Waals surface area contributed by atoms with E-state index >= 15 is 4.79 Å². The van der Waals surface area contributed by atoms with Crippen molar-refractivity contribution in [1.29, 1.82) is 10.5 Å². The number of rotatable bonds is 6. The predicted octanol–water partition coefficient (Wildman–Crippen LogP) is 12.0. The molecule has 0 bridgehead atoms. The van der Waals surface area contributed by atoms with Gasteiger partial charge in [0.05, 0.1) is 56.8 Å². The summed E-state index contributed by atoms with van der Waals surface area (Å²) in [6.07, 6.45) is 0. The lowest BCUT2D eigenvalue weighted by Gasteiger charge is -2.20. The van der Waals surface area contributed by atoms with Gasteiger partial charge in [0.2, 0.25) is 0 Å². The molecular weight excluding hydrogens is 713 g/mol. The number of nitriles is 2. The van der Waals surface area contributed by atoms with Crippen molar-refractivity contribution in [2.75, 3.05) is 4.90 Å². The van der Waals surface area contributed by atoms with E-state index in [0.29, 0.717) is 33.6 Å². The first-order chi connectivity index (χ1) is 28.5. The molecule has 270 valence electrons. The van der Waals surface area contributed by atoms with Gasteiger partial charge in [-0.15, -0.1) is 0 Å². The van der Waals surface area contributed by atoms with Crippen molar-refractivity contribution in [2.45, 2.75) is 0 Å². The van der Waals surface area contributed by atoms with E-state index in [9.17, 15) is 15.3 Å². The van der Waals surface area contributed by atoms with Gasteiger partial charge >= 0.3 is 0 Å². The average molecular weight is 743 g/mol. The van der Waals surface area contributed by atoms with Crippen molar-refractivity contribution >= 4 is 39.3 Å². The van der Waals surface area contributed by atoms with E-state index in [0.717, 1.165) is 66.3 Å². The summed E-state index contributed by atoms with van der Waals surface area (Å²) in [6.45, 7) is 0. The molecule has 2 amide bonds. The highest BCUT2D eigenvalue weighted by molar-refractivity contribution is 6.36. The second-order valence-electron chi connectivity index (χ2n) is 14.2. The Bertz CT molecular complexity index is 3130. The number of carbonyl (C=O) groups excluding carboxylic acids is 2. The number of hydrogen-bond acceptors (Lipinski definition) is 4. The number of amides is 2. The van der Waals surface area contributed by atoms with Crippen LogP contribution in [0.25, 0.3) is 72.0 Å². The van der Waals surface area contributed by atoms with Crippen molar-refractivity contribution in [1.82, 2.24) is 4.57 Å². The number of nitrogens with zero attached hydrogens (tertiary/aromatic N) is 4. The zero-order valence-electron chi connectivity index (χ0n) is 30.9. The maximum Gasteiger partial charge on any atom is 0.268 e. The van der Waals surface area contributed by atoms with E-state index in [-0.39, 0.29) is 0 Å². The molecular formula is C52H30N4O2. The number of carbonyl (C=O) groups is 2. The minimum absolute atomic E-state index is 0.295. The van der Waals surface area contributed by atoms with Crippen molar-refractivity contribution < 1.29 is 9.59 Å². The molecule has 0 saturated carbocycles. The molecule has 0 saturated heterocycles. The van der Waals surface area contributed by atoms with Crippen LogP contribution in [0, 0.1) is 22.7 Å². The van der Waals surface area contributed by atoms with E-state index in [2.05, 4.69) is 12.1 Å². The SMILES string of the molecule is N#Cc1ccccc1-c1ccc2c3ccc(-c4ccccc4C#N)cc3n(-c3cccc4c3C(=O)N(c3ccc(-c5ccccc5)cc3-c3ccccc3)C4=O)c2c1. The van der Waals surface area contributed by atoms with Gasteiger partial charge in [0.1, 0.15) is 0 Å². The van der Waals surface area contributed by atoms with Crippen molar-refractivity contribution in [2.24, 2.45) is 0 Å². The molecule has 6 nitrogen and oxygen atoms in total. The summed E-state index contributed by atoms with van der Waals surface area (Å²) in [4.78, 5) is 31.1. The lowest BCUT2D eigenvalue weighted by atomic mass is 9.97. The third-order valence-corrected chi connectivity index (χ3v) is 11.0. The molecule has 0 radical (unpaired) electrons. The van der Waals surface area contributed by atoms with Crippen molar-refractivity contribution in [3.63, 3.8) is 0 Å². The molecule has 10 rings (SSSR count). The first-order valence-electron chi connectivity index (χ1n) is 18.9. The Morgan fingerprint density at radius 1 is 0.379 bits per heavy atom. The number of fused-ring (bicyclic) bond motifs is 4. The van der Waals surface area contributed by atoms with Gasteiger partial charge < -0.3 is 4.57 Å². The van der Waals surface area contributed by atoms with Crippen LogP contribution in [0.1, 0.15) is 31.8 Å². The van der Waals surface area contributed by atoms with Crippen LogP contribution < -0.4 is 4.90 Å². The Labute approximate surface area is 334 Å². The molecule has 0 fully saturated rings. The molecule has 58 heavy (non-hydrogen) atoms. The molecule has 0 unspecified atom stereocenters. The van der Waals surface area contributed by atoms with E-state index in [1.807, 2.05) is 168 Å². The van der Waals surface area contributed by atoms with Crippen molar-refractivity contribution in [3.8, 4) is 62.3 Å². The third-order valence-electron chi connectivity index (χ3n) is 11.0. The lowest BCUT2D eigenvalue weighted by molar-refractivity contribution is 0.0926. The van der Waals surface area contributed by atoms with E-state index in [1.165, 1.54) is 4.90 Å². The monoisotopic (exact) mass is 742 g/mol. The highest BCUT2D eigenvalue weighted by Gasteiger charge is 2.40. The van der Waals surface area contributed by atoms with Crippen molar-refractivity contribution in [3.05, 3.63) is 204 Å². The Balaban J connectivity index is 1.21. The van der Waals surface area contributed by atoms with Gasteiger partial charge in [-0.05, 0) is 87.5 Å². The minimum atomic E-state index is -0.424. The highest BCUT2D eigenvalue weighted by Crippen LogP contribution is 2.43. The molecule has 6 heteroatoms. The Morgan fingerprint density at radius 3 is 1.48 bits per heavy atom. The van der Waals surface area contributed by atoms with Gasteiger partial charge in [0, 0.05) is 16.3 Å². The summed E-state index contributed by atoms with van der Waals surface area (Å²) in [5.41, 5.74) is 11.2. The zero-order valence-corrected chi connectivity index (χ0v) is 30.9. The number of aromatic nitrogens is 1. The summed E-state index contributed by atoms with van der Waals surface area (Å²) in [7, 11) is 0. The molecule has 9 aromatic rings. The van der Waals surface area contributed by atoms with Crippen LogP contribution in [0.5, 0.6) is 0 Å². The molecule has 2 heterocycles. The van der Waals surface area contributed by atoms with Crippen LogP contribution in [0.2, 0.25) is 0 Å². The fourth-order valence-electron chi connectivity index (χ4n) is 8.34. The second-order valence-corrected chi connectivity index (χ2v) is 14.2. The number of benzene rings is 8. The molecule has 1 aliphatic heterocycles. The van der Waals surface area contributed by atoms with Crippen LogP contribution >= 0.6 is 0 Å². The van der Waals surface area contributed by atoms with Crippen LogP contribution in [0.3, 0.4) is 0 Å². The number of hydrogen-bond donors (Lipinski definition) is 0. The largest absolute Gasteiger partial charge is 0.308 e. The summed E-state index contributed by atoms with van der Waals surface area (Å²) in [6, 6.07) is 62.9. The predicted molar refractivity (Wildman–Crippen MR) is 230 cm³/mol. The Kier molecular flexibility index (Phi) is 8.11. The summed E-state index contributed by atoms with van der Waals surface area (Å²) >= 11 is 0. The highest BCUT2D eigenvalue weighted by atomic mass is 16.2. The van der Waals surface area contributed by atoms with Gasteiger partial charge in [-0.25, -0.2) is 4.90 Å². The molecule has 0 N–H and O–H groups in total. The standard InChI is InChI=1S/C52H30N4O2/c53-31-38-16-7-9-18-40(38)36-22-25-42-43-26-23-37(41-19-10-8-17-39(41)32-54)30-49(43)55(48(42)29-36)47-21-11-20-44-50(47)52(58)56(51(44)57)46-27-24-35(33-12-3-1-4-13-33)28-45(46)34-14-5-2-6-15-34/h1-30H. The molecule has 1 aromatic heterocycles. The van der Waals surface area contributed by atoms with E-state index < -0.39 is 11.8 Å². The first-order valence-corrected chi connectivity index (χ1v) is 18.9. The van der Waals surface area contributed by atoms with Gasteiger partial charge in [-0.1, -0.05) is 133 Å². The van der Waals surface area contributed by atoms with Gasteiger partial charge in [-0.2, -0.15) is 10.5 Å². The fourth-order valence-corrected chi connectivity index (χ4v) is 8.34. The Hall–Kier alpha value is -8.32. The molecule has 8 aromatic carbocycles. The Morgan fingerprint density at radius 2 is 0.897 bits per heavy atom. The van der Waals surface area contributed by atoms with Crippen LogP contribution in [0.15, 0.2) is 182 Å². The van der Waals surface area contributed by atoms with Crippen LogP contribution in [-0.2, 0) is 0 Å². The topological polar surface area (TPSA) is 89.9 Å². The van der Waals surface area contributed by atoms with Crippen LogP contribution in [-0.4, -0.2) is 16.4 Å². The fraction of sp³-hybridized carbons (Fsp3) is 0. The smallest absolute Gasteiger partial charge is 0.268 e. The maximum absolute atomic E-state index is 15.1. The number of imide groups is 1. The average Bonchev–Trinajstić information content (AvgIpc) is 3.75. The summed E-state index contributed by atoms with van der Waals surface area (Å²) in [5, 5.41) is 21.9. The normalized spacial score (nSPS) is 12.1. The van der Waals surface area contributed by atoms with Gasteiger partial charge in [-0.3, -0.25) is 9.59 Å². The quantitative estimate of drug-likeness (QED) is 0.159. The summed E-state index contributed by atoms with van der Waals surface area (Å²) in [5.74, 6) is -0.827. The number of anilines is 1. The molecule has 1 aliphatic rings. The lowest BCUT2D eigenvalue weighted by Crippen LogP contribution is -2.30. The third kappa shape index (κ3) is 5.40. The van der Waals surface area contributed by atoms with E-state index in [4.69, 9.17) is 0 Å². The molecule has 0 aliphatic carbocycles. The van der Waals surface area contributed by atoms with E-state index in [1.54, 1.807) is 18.2 Å². The maximum atomic E-state index is 15.1. The first kappa shape index (κ1) is 34.2. The molecule has 0 spiro atoms. The van der Waals surface area contributed by atoms with Crippen LogP contribution in [0.4, 0.5) is 5.69 Å². The zero-order chi connectivity index (χ0) is 39.3. The minimum Gasteiger partial charge on any atom is -0.308 e. The van der Waals surface area contributed by atoms with Gasteiger partial charge in [0.25, 0.3) is 11.8 Å². The molecule has 0 atom stereocenters. The van der Waals surface area contributed by atoms with Gasteiger partial charge in [0.15, 0.2) is 0 Å². The second kappa shape index (κ2) is 13.8.